The van der Waals surface area contributed by atoms with E-state index in [0.717, 1.165) is 26.8 Å². The number of ether oxygens (including phenoxy) is 1. The largest absolute Gasteiger partial charge is 0.494 e. The van der Waals surface area contributed by atoms with Crippen molar-refractivity contribution in [2.45, 2.75) is 20.3 Å². The second-order valence-electron chi connectivity index (χ2n) is 7.40. The molecule has 1 aliphatic rings. The van der Waals surface area contributed by atoms with Gasteiger partial charge in [0.2, 0.25) is 5.91 Å². The average molecular weight is 481 g/mol. The Kier molecular flexibility index (Phi) is 6.37. The molecule has 0 aliphatic carbocycles. The van der Waals surface area contributed by atoms with Crippen LogP contribution >= 0.6 is 11.3 Å². The minimum atomic E-state index is -0.775. The number of hydrogen-bond acceptors (Lipinski definition) is 8. The highest BCUT2D eigenvalue weighted by molar-refractivity contribution is 7.16. The molecule has 0 radical (unpaired) electrons. The molecule has 1 N–H and O–H groups in total. The van der Waals surface area contributed by atoms with E-state index < -0.39 is 28.3 Å². The minimum absolute atomic E-state index is 0.0323. The van der Waals surface area contributed by atoms with Crippen LogP contribution in [-0.2, 0) is 4.79 Å². The number of anilines is 1. The van der Waals surface area contributed by atoms with Gasteiger partial charge in [0, 0.05) is 29.5 Å². The van der Waals surface area contributed by atoms with Gasteiger partial charge in [0.25, 0.3) is 17.5 Å². The molecule has 1 aromatic heterocycles. The van der Waals surface area contributed by atoms with Gasteiger partial charge in [-0.1, -0.05) is 6.07 Å². The first-order chi connectivity index (χ1) is 16.3. The molecule has 2 heterocycles. The summed E-state index contributed by atoms with van der Waals surface area (Å²) >= 11 is 1.31. The lowest BCUT2D eigenvalue weighted by atomic mass is 10.1. The first-order valence-electron chi connectivity index (χ1n) is 10.4. The van der Waals surface area contributed by atoms with E-state index >= 15 is 0 Å². The van der Waals surface area contributed by atoms with Crippen LogP contribution in [0.2, 0.25) is 0 Å². The Morgan fingerprint density at radius 2 is 1.91 bits per heavy atom. The summed E-state index contributed by atoms with van der Waals surface area (Å²) in [5, 5.41) is 14.3. The smallest absolute Gasteiger partial charge is 0.282 e. The van der Waals surface area contributed by atoms with E-state index in [4.69, 9.17) is 4.74 Å². The molecule has 174 valence electrons. The van der Waals surface area contributed by atoms with Crippen LogP contribution in [0.25, 0.3) is 11.3 Å². The lowest BCUT2D eigenvalue weighted by Gasteiger charge is -2.12. The maximum absolute atomic E-state index is 12.6. The molecule has 0 unspecified atom stereocenters. The van der Waals surface area contributed by atoms with Gasteiger partial charge in [-0.25, -0.2) is 4.98 Å². The molecule has 3 amide bonds. The molecule has 0 fully saturated rings. The summed E-state index contributed by atoms with van der Waals surface area (Å²) in [6, 6.07) is 11.4. The summed E-state index contributed by atoms with van der Waals surface area (Å²) < 4.78 is 5.45. The van der Waals surface area contributed by atoms with E-state index in [2.05, 4.69) is 10.3 Å². The predicted octanol–water partition coefficient (Wildman–Crippen LogP) is 4.05. The highest BCUT2D eigenvalue weighted by Crippen LogP contribution is 2.32. The summed E-state index contributed by atoms with van der Waals surface area (Å²) in [6.45, 7) is 4.17. The van der Waals surface area contributed by atoms with E-state index in [1.165, 1.54) is 29.5 Å². The Hall–Kier alpha value is -4.12. The molecule has 34 heavy (non-hydrogen) atoms. The maximum Gasteiger partial charge on any atom is 0.282 e. The Balaban J connectivity index is 1.41. The number of benzene rings is 2. The molecule has 11 heteroatoms. The van der Waals surface area contributed by atoms with Crippen molar-refractivity contribution >= 4 is 39.9 Å². The number of aryl methyl sites for hydroxylation is 1. The van der Waals surface area contributed by atoms with Crippen molar-refractivity contribution in [3.8, 4) is 17.0 Å². The van der Waals surface area contributed by atoms with Gasteiger partial charge in [-0.2, -0.15) is 0 Å². The summed E-state index contributed by atoms with van der Waals surface area (Å²) in [5.41, 5.74) is 0.910. The lowest BCUT2D eigenvalue weighted by Crippen LogP contribution is -2.33. The predicted molar refractivity (Wildman–Crippen MR) is 125 cm³/mol. The van der Waals surface area contributed by atoms with Gasteiger partial charge in [0.05, 0.1) is 22.8 Å². The van der Waals surface area contributed by atoms with E-state index in [9.17, 15) is 24.5 Å². The van der Waals surface area contributed by atoms with Crippen LogP contribution < -0.4 is 10.1 Å². The zero-order chi connectivity index (χ0) is 24.4. The van der Waals surface area contributed by atoms with Crippen LogP contribution in [0.3, 0.4) is 0 Å². The summed E-state index contributed by atoms with van der Waals surface area (Å²) in [6.07, 6.45) is -0.170. The third-order valence-electron chi connectivity index (χ3n) is 5.22. The van der Waals surface area contributed by atoms with Crippen LogP contribution in [0.15, 0.2) is 42.5 Å². The van der Waals surface area contributed by atoms with Crippen molar-refractivity contribution in [1.29, 1.82) is 0 Å². The first kappa shape index (κ1) is 23.1. The molecule has 0 bridgehead atoms. The number of nitro groups is 1. The number of carbonyl (C=O) groups is 3. The van der Waals surface area contributed by atoms with Crippen molar-refractivity contribution in [3.05, 3.63) is 68.6 Å². The molecule has 2 aromatic carbocycles. The Morgan fingerprint density at radius 3 is 2.59 bits per heavy atom. The van der Waals surface area contributed by atoms with Crippen LogP contribution in [0.5, 0.6) is 5.75 Å². The zero-order valence-electron chi connectivity index (χ0n) is 18.4. The number of thiazole rings is 1. The fourth-order valence-corrected chi connectivity index (χ4v) is 4.51. The molecule has 0 saturated heterocycles. The SMILES string of the molecule is CCOc1ccc(-c2nc(NC(=O)CCN3C(=O)c4cccc([N+](=O)[O-])c4C3=O)sc2C)cc1. The second kappa shape index (κ2) is 9.40. The second-order valence-corrected chi connectivity index (χ2v) is 8.60. The molecule has 0 saturated carbocycles. The van der Waals surface area contributed by atoms with E-state index in [1.807, 2.05) is 38.1 Å². The number of aromatic nitrogens is 1. The third kappa shape index (κ3) is 4.37. The highest BCUT2D eigenvalue weighted by atomic mass is 32.1. The molecule has 0 atom stereocenters. The first-order valence-corrected chi connectivity index (χ1v) is 11.3. The van der Waals surface area contributed by atoms with Gasteiger partial charge >= 0.3 is 0 Å². The number of fused-ring (bicyclic) bond motifs is 1. The van der Waals surface area contributed by atoms with Crippen molar-refractivity contribution in [3.63, 3.8) is 0 Å². The average Bonchev–Trinajstić information content (AvgIpc) is 3.29. The molecular weight excluding hydrogens is 460 g/mol. The standard InChI is InChI=1S/C23H20N4O6S/c1-3-33-15-9-7-14(8-10-15)20-13(2)34-23(25-20)24-18(28)11-12-26-21(29)16-5-4-6-17(27(31)32)19(16)22(26)30/h4-10H,3,11-12H2,1-2H3,(H,24,25,28). The quantitative estimate of drug-likeness (QED) is 0.292. The summed E-state index contributed by atoms with van der Waals surface area (Å²) in [5.74, 6) is -1.11. The number of nitrogens with zero attached hydrogens (tertiary/aromatic N) is 3. The molecule has 1 aliphatic heterocycles. The van der Waals surface area contributed by atoms with Crippen LogP contribution in [0.1, 0.15) is 38.9 Å². The number of carbonyl (C=O) groups excluding carboxylic acids is 3. The lowest BCUT2D eigenvalue weighted by molar-refractivity contribution is -0.385. The molecule has 4 rings (SSSR count). The topological polar surface area (TPSA) is 132 Å². The number of rotatable bonds is 8. The molecule has 3 aromatic rings. The van der Waals surface area contributed by atoms with Gasteiger partial charge in [-0.15, -0.1) is 11.3 Å². The van der Waals surface area contributed by atoms with Gasteiger partial charge in [0.1, 0.15) is 11.3 Å². The number of amides is 3. The zero-order valence-corrected chi connectivity index (χ0v) is 19.2. The van der Waals surface area contributed by atoms with Crippen LogP contribution in [-0.4, -0.2) is 45.7 Å². The van der Waals surface area contributed by atoms with Gasteiger partial charge in [-0.05, 0) is 44.2 Å². The third-order valence-corrected chi connectivity index (χ3v) is 6.10. The highest BCUT2D eigenvalue weighted by Gasteiger charge is 2.40. The van der Waals surface area contributed by atoms with E-state index in [0.29, 0.717) is 11.7 Å². The van der Waals surface area contributed by atoms with Crippen molar-refractivity contribution in [2.24, 2.45) is 0 Å². The number of hydrogen-bond donors (Lipinski definition) is 1. The van der Waals surface area contributed by atoms with Crippen LogP contribution in [0, 0.1) is 17.0 Å². The Labute approximate surface area is 198 Å². The number of nitrogens with one attached hydrogen (secondary N) is 1. The van der Waals surface area contributed by atoms with Crippen molar-refractivity contribution in [2.75, 3.05) is 18.5 Å². The maximum atomic E-state index is 12.6. The number of nitro benzene ring substituents is 1. The fourth-order valence-electron chi connectivity index (χ4n) is 3.66. The Morgan fingerprint density at radius 1 is 1.18 bits per heavy atom. The molecule has 0 spiro atoms. The normalized spacial score (nSPS) is 12.6. The minimum Gasteiger partial charge on any atom is -0.494 e. The summed E-state index contributed by atoms with van der Waals surface area (Å²) in [7, 11) is 0. The summed E-state index contributed by atoms with van der Waals surface area (Å²) in [4.78, 5) is 54.4. The monoisotopic (exact) mass is 480 g/mol. The molecular formula is C23H20N4O6S. The van der Waals surface area contributed by atoms with Crippen molar-refractivity contribution in [1.82, 2.24) is 9.88 Å². The van der Waals surface area contributed by atoms with Gasteiger partial charge in [0.15, 0.2) is 5.13 Å². The van der Waals surface area contributed by atoms with Crippen LogP contribution in [0.4, 0.5) is 10.8 Å². The Bertz CT molecular complexity index is 1300. The van der Waals surface area contributed by atoms with E-state index in [-0.39, 0.29) is 24.1 Å². The molecule has 10 nitrogen and oxygen atoms in total. The van der Waals surface area contributed by atoms with Crippen molar-refractivity contribution < 1.29 is 24.0 Å². The van der Waals surface area contributed by atoms with E-state index in [1.54, 1.807) is 0 Å². The fraction of sp³-hybridized carbons (Fsp3) is 0.217. The van der Waals surface area contributed by atoms with Gasteiger partial charge in [-0.3, -0.25) is 29.4 Å². The number of imide groups is 1. The van der Waals surface area contributed by atoms with Gasteiger partial charge < -0.3 is 10.1 Å².